The number of ether oxygens (including phenoxy) is 1. The first-order chi connectivity index (χ1) is 10.3. The van der Waals surface area contributed by atoms with Crippen molar-refractivity contribution in [2.75, 3.05) is 20.2 Å². The molecule has 0 aliphatic carbocycles. The third-order valence-electron chi connectivity index (χ3n) is 3.59. The minimum absolute atomic E-state index is 0.0194. The number of carbonyl (C=O) groups excluding carboxylic acids is 1. The number of furan rings is 1. The molecule has 1 aliphatic rings. The Hall–Kier alpha value is -2.15. The average Bonchev–Trinajstić information content (AvgIpc) is 3.18. The first kappa shape index (κ1) is 13.8. The van der Waals surface area contributed by atoms with E-state index in [9.17, 15) is 4.79 Å². The monoisotopic (exact) mass is 291 g/mol. The lowest BCUT2D eigenvalue weighted by atomic mass is 9.97. The molecule has 112 valence electrons. The number of hydrogen-bond acceptors (Lipinski definition) is 6. The number of rotatable bonds is 4. The summed E-state index contributed by atoms with van der Waals surface area (Å²) in [4.78, 5) is 18.5. The molecule has 2 aromatic heterocycles. The molecule has 1 atom stereocenters. The molecule has 21 heavy (non-hydrogen) atoms. The molecule has 2 aromatic rings. The summed E-state index contributed by atoms with van der Waals surface area (Å²) >= 11 is 0. The molecule has 7 heteroatoms. The number of carbonyl (C=O) groups is 1. The zero-order valence-electron chi connectivity index (χ0n) is 11.8. The second-order valence-corrected chi connectivity index (χ2v) is 5.08. The fourth-order valence-electron chi connectivity index (χ4n) is 2.56. The van der Waals surface area contributed by atoms with E-state index in [1.54, 1.807) is 13.2 Å². The van der Waals surface area contributed by atoms with E-state index in [0.717, 1.165) is 19.4 Å². The molecule has 0 N–H and O–H groups in total. The van der Waals surface area contributed by atoms with E-state index in [1.165, 1.54) is 12.5 Å². The second-order valence-electron chi connectivity index (χ2n) is 5.08. The van der Waals surface area contributed by atoms with Crippen LogP contribution in [0, 0.1) is 0 Å². The number of likely N-dealkylation sites (tertiary alicyclic amines) is 1. The second kappa shape index (κ2) is 6.09. The summed E-state index contributed by atoms with van der Waals surface area (Å²) in [5.74, 6) is 1.19. The van der Waals surface area contributed by atoms with Crippen LogP contribution in [0.4, 0.5) is 0 Å². The van der Waals surface area contributed by atoms with E-state index in [-0.39, 0.29) is 11.8 Å². The molecule has 7 nitrogen and oxygen atoms in total. The number of nitrogens with zero attached hydrogens (tertiary/aromatic N) is 3. The highest BCUT2D eigenvalue weighted by atomic mass is 16.5. The first-order valence-electron chi connectivity index (χ1n) is 6.91. The maximum Gasteiger partial charge on any atom is 0.257 e. The molecular formula is C14H17N3O4. The Morgan fingerprint density at radius 1 is 1.57 bits per heavy atom. The predicted molar refractivity (Wildman–Crippen MR) is 71.6 cm³/mol. The van der Waals surface area contributed by atoms with Gasteiger partial charge in [0.05, 0.1) is 11.8 Å². The van der Waals surface area contributed by atoms with Gasteiger partial charge in [-0.1, -0.05) is 5.16 Å². The van der Waals surface area contributed by atoms with E-state index < -0.39 is 0 Å². The Labute approximate surface area is 121 Å². The van der Waals surface area contributed by atoms with Crippen molar-refractivity contribution in [1.82, 2.24) is 15.0 Å². The summed E-state index contributed by atoms with van der Waals surface area (Å²) in [5.41, 5.74) is 0.573. The molecule has 1 amide bonds. The third-order valence-corrected chi connectivity index (χ3v) is 3.59. The van der Waals surface area contributed by atoms with Crippen molar-refractivity contribution in [3.05, 3.63) is 35.9 Å². The van der Waals surface area contributed by atoms with Crippen LogP contribution in [-0.4, -0.2) is 41.1 Å². The van der Waals surface area contributed by atoms with E-state index >= 15 is 0 Å². The van der Waals surface area contributed by atoms with Crippen molar-refractivity contribution in [2.45, 2.75) is 25.4 Å². The summed E-state index contributed by atoms with van der Waals surface area (Å²) in [6, 6.07) is 1.68. The SMILES string of the molecule is COCc1nc(C2CCCN(C(=O)c3ccoc3)C2)no1. The van der Waals surface area contributed by atoms with Crippen molar-refractivity contribution < 1.29 is 18.5 Å². The van der Waals surface area contributed by atoms with Crippen molar-refractivity contribution in [1.29, 1.82) is 0 Å². The maximum absolute atomic E-state index is 12.3. The summed E-state index contributed by atoms with van der Waals surface area (Å²) < 4.78 is 15.1. The van der Waals surface area contributed by atoms with Crippen molar-refractivity contribution >= 4 is 5.91 Å². The Balaban J connectivity index is 1.69. The largest absolute Gasteiger partial charge is 0.472 e. The van der Waals surface area contributed by atoms with Crippen LogP contribution in [0.2, 0.25) is 0 Å². The van der Waals surface area contributed by atoms with E-state index in [1.807, 2.05) is 4.90 Å². The van der Waals surface area contributed by atoms with Crippen LogP contribution in [0.3, 0.4) is 0 Å². The van der Waals surface area contributed by atoms with Gasteiger partial charge in [0.2, 0.25) is 0 Å². The van der Waals surface area contributed by atoms with Crippen LogP contribution < -0.4 is 0 Å². The van der Waals surface area contributed by atoms with Gasteiger partial charge in [0.25, 0.3) is 11.8 Å². The summed E-state index contributed by atoms with van der Waals surface area (Å²) in [6.45, 7) is 1.64. The van der Waals surface area contributed by atoms with Gasteiger partial charge >= 0.3 is 0 Å². The van der Waals surface area contributed by atoms with Gasteiger partial charge in [-0.25, -0.2) is 0 Å². The highest BCUT2D eigenvalue weighted by Crippen LogP contribution is 2.26. The Bertz CT molecular complexity index is 593. The molecule has 0 aromatic carbocycles. The number of methoxy groups -OCH3 is 1. The molecule has 0 bridgehead atoms. The molecule has 1 fully saturated rings. The quantitative estimate of drug-likeness (QED) is 0.854. The molecule has 3 rings (SSSR count). The molecule has 1 saturated heterocycles. The molecule has 1 aliphatic heterocycles. The fraction of sp³-hybridized carbons (Fsp3) is 0.500. The van der Waals surface area contributed by atoms with E-state index in [0.29, 0.717) is 30.4 Å². The van der Waals surface area contributed by atoms with Crippen LogP contribution in [0.25, 0.3) is 0 Å². The topological polar surface area (TPSA) is 81.6 Å². The lowest BCUT2D eigenvalue weighted by Crippen LogP contribution is -2.39. The van der Waals surface area contributed by atoms with Gasteiger partial charge in [0.1, 0.15) is 12.9 Å². The zero-order chi connectivity index (χ0) is 14.7. The molecule has 0 spiro atoms. The number of aromatic nitrogens is 2. The van der Waals surface area contributed by atoms with Crippen LogP contribution in [-0.2, 0) is 11.3 Å². The minimum Gasteiger partial charge on any atom is -0.472 e. The van der Waals surface area contributed by atoms with Gasteiger partial charge in [0, 0.05) is 26.1 Å². The van der Waals surface area contributed by atoms with Gasteiger partial charge in [0.15, 0.2) is 5.82 Å². The first-order valence-corrected chi connectivity index (χ1v) is 6.91. The summed E-state index contributed by atoms with van der Waals surface area (Å²) in [5, 5.41) is 3.99. The number of amides is 1. The fourth-order valence-corrected chi connectivity index (χ4v) is 2.56. The van der Waals surface area contributed by atoms with Crippen molar-refractivity contribution in [2.24, 2.45) is 0 Å². The average molecular weight is 291 g/mol. The maximum atomic E-state index is 12.3. The van der Waals surface area contributed by atoms with Crippen molar-refractivity contribution in [3.8, 4) is 0 Å². The number of hydrogen-bond donors (Lipinski definition) is 0. The van der Waals surface area contributed by atoms with Gasteiger partial charge in [-0.05, 0) is 18.9 Å². The highest BCUT2D eigenvalue weighted by Gasteiger charge is 2.28. The van der Waals surface area contributed by atoms with Crippen LogP contribution >= 0.6 is 0 Å². The lowest BCUT2D eigenvalue weighted by Gasteiger charge is -2.30. The molecule has 0 radical (unpaired) electrons. The molecular weight excluding hydrogens is 274 g/mol. The van der Waals surface area contributed by atoms with E-state index in [4.69, 9.17) is 13.7 Å². The Morgan fingerprint density at radius 2 is 2.48 bits per heavy atom. The predicted octanol–water partition coefficient (Wildman–Crippen LogP) is 1.83. The standard InChI is InChI=1S/C14H17N3O4/c1-19-9-12-15-13(16-21-12)10-3-2-5-17(7-10)14(18)11-4-6-20-8-11/h4,6,8,10H,2-3,5,7,9H2,1H3. The molecule has 1 unspecified atom stereocenters. The molecule has 0 saturated carbocycles. The van der Waals surface area contributed by atoms with Gasteiger partial charge in [-0.2, -0.15) is 4.98 Å². The Kier molecular flexibility index (Phi) is 4.01. The van der Waals surface area contributed by atoms with Crippen LogP contribution in [0.15, 0.2) is 27.5 Å². The number of piperidine rings is 1. The van der Waals surface area contributed by atoms with E-state index in [2.05, 4.69) is 10.1 Å². The van der Waals surface area contributed by atoms with Gasteiger partial charge in [-0.15, -0.1) is 0 Å². The molecule has 3 heterocycles. The summed E-state index contributed by atoms with van der Waals surface area (Å²) in [6.07, 6.45) is 4.84. The van der Waals surface area contributed by atoms with Crippen molar-refractivity contribution in [3.63, 3.8) is 0 Å². The minimum atomic E-state index is -0.0194. The normalized spacial score (nSPS) is 18.9. The van der Waals surface area contributed by atoms with Gasteiger partial charge in [-0.3, -0.25) is 4.79 Å². The van der Waals surface area contributed by atoms with Crippen LogP contribution in [0.1, 0.15) is 40.8 Å². The lowest BCUT2D eigenvalue weighted by molar-refractivity contribution is 0.0703. The summed E-state index contributed by atoms with van der Waals surface area (Å²) in [7, 11) is 1.58. The zero-order valence-corrected chi connectivity index (χ0v) is 11.8. The Morgan fingerprint density at radius 3 is 3.24 bits per heavy atom. The highest BCUT2D eigenvalue weighted by molar-refractivity contribution is 5.93. The smallest absolute Gasteiger partial charge is 0.257 e. The third kappa shape index (κ3) is 2.97. The van der Waals surface area contributed by atoms with Gasteiger partial charge < -0.3 is 18.6 Å². The van der Waals surface area contributed by atoms with Crippen LogP contribution in [0.5, 0.6) is 0 Å².